The molecule has 6 heteroatoms. The molecule has 120 valence electrons. The van der Waals surface area contributed by atoms with Gasteiger partial charge in [0.05, 0.1) is 5.60 Å². The molecule has 0 bridgehead atoms. The number of nitrogens with zero attached hydrogens (tertiary/aromatic N) is 2. The van der Waals surface area contributed by atoms with Gasteiger partial charge in [-0.3, -0.25) is 4.79 Å². The lowest BCUT2D eigenvalue weighted by molar-refractivity contribution is -0.186. The topological polar surface area (TPSA) is 59.1 Å². The van der Waals surface area contributed by atoms with E-state index in [4.69, 9.17) is 9.47 Å². The van der Waals surface area contributed by atoms with E-state index in [1.807, 2.05) is 27.8 Å². The van der Waals surface area contributed by atoms with Gasteiger partial charge in [-0.25, -0.2) is 4.79 Å². The molecule has 0 aliphatic carbocycles. The van der Waals surface area contributed by atoms with Crippen molar-refractivity contribution < 1.29 is 19.1 Å². The molecule has 21 heavy (non-hydrogen) atoms. The van der Waals surface area contributed by atoms with Crippen LogP contribution >= 0.6 is 0 Å². The maximum absolute atomic E-state index is 12.1. The lowest BCUT2D eigenvalue weighted by atomic mass is 9.89. The number of ether oxygens (including phenoxy) is 2. The summed E-state index contributed by atoms with van der Waals surface area (Å²) < 4.78 is 11.4. The molecule has 0 radical (unpaired) electrons. The highest BCUT2D eigenvalue weighted by molar-refractivity contribution is 5.81. The summed E-state index contributed by atoms with van der Waals surface area (Å²) in [5.41, 5.74) is -0.796. The van der Waals surface area contributed by atoms with E-state index in [-0.39, 0.29) is 17.6 Å². The van der Waals surface area contributed by atoms with Crippen LogP contribution < -0.4 is 0 Å². The molecule has 2 aliphatic heterocycles. The number of carbonyl (C=O) groups excluding carboxylic acids is 2. The second-order valence-corrected chi connectivity index (χ2v) is 7.10. The van der Waals surface area contributed by atoms with E-state index in [0.717, 1.165) is 12.8 Å². The highest BCUT2D eigenvalue weighted by Gasteiger charge is 2.45. The van der Waals surface area contributed by atoms with Crippen molar-refractivity contribution in [1.82, 2.24) is 9.80 Å². The van der Waals surface area contributed by atoms with E-state index in [1.165, 1.54) is 0 Å². The first kappa shape index (κ1) is 16.1. The SMILES string of the molecule is C[C@H]1OC2(CCN(C(=O)OC(C)(C)C)CC2)CN(C)C1=O. The molecule has 2 heterocycles. The van der Waals surface area contributed by atoms with Crippen molar-refractivity contribution in [2.24, 2.45) is 0 Å². The highest BCUT2D eigenvalue weighted by Crippen LogP contribution is 2.32. The molecule has 6 nitrogen and oxygen atoms in total. The Labute approximate surface area is 126 Å². The summed E-state index contributed by atoms with van der Waals surface area (Å²) in [6, 6.07) is 0. The number of likely N-dealkylation sites (N-methyl/N-ethyl adjacent to an activating group) is 1. The van der Waals surface area contributed by atoms with E-state index in [9.17, 15) is 9.59 Å². The maximum atomic E-state index is 12.1. The summed E-state index contributed by atoms with van der Waals surface area (Å²) in [6.45, 7) is 9.18. The Balaban J connectivity index is 1.94. The largest absolute Gasteiger partial charge is 0.444 e. The number of morpholine rings is 1. The normalized spacial score (nSPS) is 26.1. The zero-order chi connectivity index (χ0) is 15.8. The van der Waals surface area contributed by atoms with E-state index >= 15 is 0 Å². The first-order valence-corrected chi connectivity index (χ1v) is 7.53. The van der Waals surface area contributed by atoms with Gasteiger partial charge in [0.2, 0.25) is 0 Å². The number of amides is 2. The molecule has 2 aliphatic rings. The molecular formula is C15H26N2O4. The molecule has 2 fully saturated rings. The van der Waals surface area contributed by atoms with Crippen molar-refractivity contribution in [2.75, 3.05) is 26.7 Å². The third-order valence-corrected chi connectivity index (χ3v) is 4.00. The van der Waals surface area contributed by atoms with Crippen molar-refractivity contribution in [3.05, 3.63) is 0 Å². The van der Waals surface area contributed by atoms with Gasteiger partial charge in [-0.05, 0) is 40.5 Å². The maximum Gasteiger partial charge on any atom is 0.410 e. The summed E-state index contributed by atoms with van der Waals surface area (Å²) in [7, 11) is 1.81. The number of hydrogen-bond acceptors (Lipinski definition) is 4. The summed E-state index contributed by atoms with van der Waals surface area (Å²) in [5, 5.41) is 0. The van der Waals surface area contributed by atoms with Crippen LogP contribution in [0.5, 0.6) is 0 Å². The van der Waals surface area contributed by atoms with Crippen molar-refractivity contribution in [3.63, 3.8) is 0 Å². The van der Waals surface area contributed by atoms with Crippen LogP contribution in [0.3, 0.4) is 0 Å². The number of carbonyl (C=O) groups is 2. The average Bonchev–Trinajstić information content (AvgIpc) is 2.34. The highest BCUT2D eigenvalue weighted by atomic mass is 16.6. The Hall–Kier alpha value is -1.30. The van der Waals surface area contributed by atoms with E-state index < -0.39 is 11.7 Å². The third kappa shape index (κ3) is 3.67. The standard InChI is InChI=1S/C15H26N2O4/c1-11-12(18)16(5)10-15(20-11)6-8-17(9-7-15)13(19)21-14(2,3)4/h11H,6-10H2,1-5H3/t11-/m1/s1. The first-order valence-electron chi connectivity index (χ1n) is 7.53. The van der Waals surface area contributed by atoms with Gasteiger partial charge < -0.3 is 19.3 Å². The first-order chi connectivity index (χ1) is 9.62. The van der Waals surface area contributed by atoms with Crippen LogP contribution in [-0.2, 0) is 14.3 Å². The summed E-state index contributed by atoms with van der Waals surface area (Å²) in [5.74, 6) is 0.0233. The van der Waals surface area contributed by atoms with Gasteiger partial charge in [0.1, 0.15) is 11.7 Å². The molecule has 1 spiro atoms. The van der Waals surface area contributed by atoms with Crippen LogP contribution in [0.15, 0.2) is 0 Å². The number of piperidine rings is 1. The van der Waals surface area contributed by atoms with Crippen LogP contribution in [0.1, 0.15) is 40.5 Å². The van der Waals surface area contributed by atoms with Crippen molar-refractivity contribution in [3.8, 4) is 0 Å². The quantitative estimate of drug-likeness (QED) is 0.682. The molecule has 0 aromatic carbocycles. The number of rotatable bonds is 0. The number of hydrogen-bond donors (Lipinski definition) is 0. The molecule has 2 saturated heterocycles. The van der Waals surface area contributed by atoms with E-state index in [2.05, 4.69) is 0 Å². The molecular weight excluding hydrogens is 272 g/mol. The molecule has 0 N–H and O–H groups in total. The fourth-order valence-electron chi connectivity index (χ4n) is 2.98. The predicted molar refractivity (Wildman–Crippen MR) is 78.0 cm³/mol. The summed E-state index contributed by atoms with van der Waals surface area (Å²) in [6.07, 6.45) is 0.782. The lowest BCUT2D eigenvalue weighted by Crippen LogP contribution is -2.60. The van der Waals surface area contributed by atoms with Gasteiger partial charge in [-0.2, -0.15) is 0 Å². The minimum Gasteiger partial charge on any atom is -0.444 e. The van der Waals surface area contributed by atoms with Gasteiger partial charge in [0, 0.05) is 26.7 Å². The van der Waals surface area contributed by atoms with Crippen LogP contribution in [0.2, 0.25) is 0 Å². The van der Waals surface area contributed by atoms with Crippen LogP contribution in [0, 0.1) is 0 Å². The second-order valence-electron chi connectivity index (χ2n) is 7.10. The van der Waals surface area contributed by atoms with E-state index in [0.29, 0.717) is 19.6 Å². The van der Waals surface area contributed by atoms with Gasteiger partial charge in [-0.1, -0.05) is 0 Å². The Bertz CT molecular complexity index is 406. The molecule has 0 unspecified atom stereocenters. The molecule has 0 aromatic heterocycles. The zero-order valence-electron chi connectivity index (χ0n) is 13.6. The zero-order valence-corrected chi connectivity index (χ0v) is 13.6. The van der Waals surface area contributed by atoms with Crippen LogP contribution in [0.25, 0.3) is 0 Å². The minimum absolute atomic E-state index is 0.0233. The summed E-state index contributed by atoms with van der Waals surface area (Å²) in [4.78, 5) is 27.3. The average molecular weight is 298 g/mol. The molecule has 2 rings (SSSR count). The second kappa shape index (κ2) is 5.48. The fourth-order valence-corrected chi connectivity index (χ4v) is 2.98. The van der Waals surface area contributed by atoms with Crippen LogP contribution in [0.4, 0.5) is 4.79 Å². The predicted octanol–water partition coefficient (Wildman–Crippen LogP) is 1.63. The van der Waals surface area contributed by atoms with Gasteiger partial charge in [-0.15, -0.1) is 0 Å². The Morgan fingerprint density at radius 2 is 1.90 bits per heavy atom. The molecule has 0 aromatic rings. The minimum atomic E-state index is -0.477. The Kier molecular flexibility index (Phi) is 4.19. The van der Waals surface area contributed by atoms with Gasteiger partial charge >= 0.3 is 6.09 Å². The van der Waals surface area contributed by atoms with Crippen LogP contribution in [-0.4, -0.2) is 65.8 Å². The van der Waals surface area contributed by atoms with Crippen molar-refractivity contribution >= 4 is 12.0 Å². The van der Waals surface area contributed by atoms with E-state index in [1.54, 1.807) is 16.7 Å². The van der Waals surface area contributed by atoms with Gasteiger partial charge in [0.25, 0.3) is 5.91 Å². The fraction of sp³-hybridized carbons (Fsp3) is 0.867. The number of likely N-dealkylation sites (tertiary alicyclic amines) is 1. The Morgan fingerprint density at radius 3 is 2.38 bits per heavy atom. The molecule has 2 amide bonds. The Morgan fingerprint density at radius 1 is 1.33 bits per heavy atom. The smallest absolute Gasteiger partial charge is 0.410 e. The lowest BCUT2D eigenvalue weighted by Gasteiger charge is -2.48. The third-order valence-electron chi connectivity index (χ3n) is 4.00. The monoisotopic (exact) mass is 298 g/mol. The van der Waals surface area contributed by atoms with Gasteiger partial charge in [0.15, 0.2) is 0 Å². The summed E-state index contributed by atoms with van der Waals surface area (Å²) >= 11 is 0. The van der Waals surface area contributed by atoms with Crippen molar-refractivity contribution in [1.29, 1.82) is 0 Å². The molecule has 0 saturated carbocycles. The van der Waals surface area contributed by atoms with Crippen molar-refractivity contribution in [2.45, 2.75) is 57.8 Å². The molecule has 1 atom stereocenters.